The first kappa shape index (κ1) is 18.7. The number of hydrogen-bond acceptors (Lipinski definition) is 5. The Morgan fingerprint density at radius 3 is 2.67 bits per heavy atom. The van der Waals surface area contributed by atoms with Gasteiger partial charge in [0.15, 0.2) is 5.69 Å². The molecule has 0 N–H and O–H groups in total. The minimum atomic E-state index is -0.0940. The SMILES string of the molecule is O=C(c1cnn(-c2ccccc2)n1)N1CCC(Cn2nc3c(cc2=O)CCC3)CC1. The molecular formula is C22H24N6O2. The fourth-order valence-electron chi connectivity index (χ4n) is 4.34. The van der Waals surface area contributed by atoms with Gasteiger partial charge in [0.1, 0.15) is 0 Å². The Kier molecular flexibility index (Phi) is 4.90. The molecule has 1 aromatic carbocycles. The topological polar surface area (TPSA) is 85.9 Å². The van der Waals surface area contributed by atoms with Gasteiger partial charge in [0.25, 0.3) is 11.5 Å². The predicted octanol–water partition coefficient (Wildman–Crippen LogP) is 1.87. The van der Waals surface area contributed by atoms with Crippen LogP contribution in [0.5, 0.6) is 0 Å². The maximum Gasteiger partial charge on any atom is 0.276 e. The van der Waals surface area contributed by atoms with Crippen LogP contribution in [0.25, 0.3) is 5.69 Å². The monoisotopic (exact) mass is 404 g/mol. The van der Waals surface area contributed by atoms with E-state index >= 15 is 0 Å². The van der Waals surface area contributed by atoms with E-state index in [0.29, 0.717) is 31.2 Å². The third-order valence-corrected chi connectivity index (χ3v) is 6.05. The molecule has 0 radical (unpaired) electrons. The molecule has 1 fully saturated rings. The second kappa shape index (κ2) is 7.85. The molecule has 1 aliphatic carbocycles. The summed E-state index contributed by atoms with van der Waals surface area (Å²) in [5.74, 6) is 0.252. The van der Waals surface area contributed by atoms with Crippen molar-refractivity contribution in [2.75, 3.05) is 13.1 Å². The number of carbonyl (C=O) groups is 1. The van der Waals surface area contributed by atoms with E-state index in [4.69, 9.17) is 0 Å². The molecule has 8 nitrogen and oxygen atoms in total. The van der Waals surface area contributed by atoms with Gasteiger partial charge in [-0.25, -0.2) is 4.68 Å². The number of piperidine rings is 1. The molecule has 3 heterocycles. The predicted molar refractivity (Wildman–Crippen MR) is 111 cm³/mol. The fraction of sp³-hybridized carbons (Fsp3) is 0.409. The van der Waals surface area contributed by atoms with E-state index in [1.54, 1.807) is 10.7 Å². The van der Waals surface area contributed by atoms with E-state index < -0.39 is 0 Å². The third kappa shape index (κ3) is 3.65. The molecular weight excluding hydrogens is 380 g/mol. The van der Waals surface area contributed by atoms with E-state index in [9.17, 15) is 9.59 Å². The van der Waals surface area contributed by atoms with Crippen molar-refractivity contribution in [1.29, 1.82) is 0 Å². The average Bonchev–Trinajstić information content (AvgIpc) is 3.44. The largest absolute Gasteiger partial charge is 0.337 e. The van der Waals surface area contributed by atoms with Gasteiger partial charge in [0.2, 0.25) is 0 Å². The number of likely N-dealkylation sites (tertiary alicyclic amines) is 1. The molecule has 8 heteroatoms. The number of fused-ring (bicyclic) bond motifs is 1. The molecule has 1 saturated heterocycles. The molecule has 0 spiro atoms. The van der Waals surface area contributed by atoms with E-state index in [2.05, 4.69) is 15.3 Å². The minimum absolute atomic E-state index is 0.00770. The van der Waals surface area contributed by atoms with Crippen LogP contribution >= 0.6 is 0 Å². The lowest BCUT2D eigenvalue weighted by Crippen LogP contribution is -2.40. The standard InChI is InChI=1S/C22H24N6O2/c29-21-13-17-5-4-8-19(17)24-27(21)15-16-9-11-26(12-10-16)22(30)20-14-23-28(25-20)18-6-2-1-3-7-18/h1-3,6-7,13-14,16H,4-5,8-12,15H2. The molecule has 5 rings (SSSR count). The molecule has 30 heavy (non-hydrogen) atoms. The van der Waals surface area contributed by atoms with Gasteiger partial charge in [-0.05, 0) is 55.7 Å². The van der Waals surface area contributed by atoms with Crippen molar-refractivity contribution in [3.8, 4) is 5.69 Å². The van der Waals surface area contributed by atoms with Crippen molar-refractivity contribution in [3.05, 3.63) is 69.9 Å². The molecule has 0 saturated carbocycles. The van der Waals surface area contributed by atoms with E-state index in [1.165, 1.54) is 11.0 Å². The van der Waals surface area contributed by atoms with Crippen LogP contribution in [0.1, 0.15) is 41.0 Å². The number of nitrogens with zero attached hydrogens (tertiary/aromatic N) is 6. The molecule has 0 bridgehead atoms. The van der Waals surface area contributed by atoms with Gasteiger partial charge in [0, 0.05) is 25.7 Å². The smallest absolute Gasteiger partial charge is 0.276 e. The number of aryl methyl sites for hydroxylation is 2. The summed E-state index contributed by atoms with van der Waals surface area (Å²) in [7, 11) is 0. The van der Waals surface area contributed by atoms with Crippen LogP contribution < -0.4 is 5.56 Å². The Morgan fingerprint density at radius 2 is 1.87 bits per heavy atom. The number of amides is 1. The third-order valence-electron chi connectivity index (χ3n) is 6.05. The number of aromatic nitrogens is 5. The van der Waals surface area contributed by atoms with Crippen LogP contribution in [0.3, 0.4) is 0 Å². The lowest BCUT2D eigenvalue weighted by atomic mass is 9.96. The maximum absolute atomic E-state index is 12.8. The number of benzene rings is 1. The number of hydrogen-bond donors (Lipinski definition) is 0. The summed E-state index contributed by atoms with van der Waals surface area (Å²) in [6, 6.07) is 11.3. The lowest BCUT2D eigenvalue weighted by Gasteiger charge is -2.31. The Hall–Kier alpha value is -3.29. The summed E-state index contributed by atoms with van der Waals surface area (Å²) in [5.41, 5.74) is 3.35. The highest BCUT2D eigenvalue weighted by atomic mass is 16.2. The van der Waals surface area contributed by atoms with Crippen molar-refractivity contribution >= 4 is 5.91 Å². The summed E-state index contributed by atoms with van der Waals surface area (Å²) >= 11 is 0. The zero-order chi connectivity index (χ0) is 20.5. The first-order valence-corrected chi connectivity index (χ1v) is 10.5. The highest BCUT2D eigenvalue weighted by Crippen LogP contribution is 2.21. The number of rotatable bonds is 4. The van der Waals surface area contributed by atoms with Gasteiger partial charge < -0.3 is 4.90 Å². The summed E-state index contributed by atoms with van der Waals surface area (Å²) in [6.07, 6.45) is 6.24. The first-order chi connectivity index (χ1) is 14.7. The summed E-state index contributed by atoms with van der Waals surface area (Å²) in [6.45, 7) is 1.93. The normalized spacial score (nSPS) is 16.6. The van der Waals surface area contributed by atoms with Crippen LogP contribution in [0.4, 0.5) is 0 Å². The highest BCUT2D eigenvalue weighted by Gasteiger charge is 2.26. The minimum Gasteiger partial charge on any atom is -0.337 e. The Balaban J connectivity index is 1.21. The van der Waals surface area contributed by atoms with Crippen molar-refractivity contribution < 1.29 is 4.79 Å². The van der Waals surface area contributed by atoms with Crippen molar-refractivity contribution in [3.63, 3.8) is 0 Å². The van der Waals surface area contributed by atoms with Gasteiger partial charge in [-0.3, -0.25) is 9.59 Å². The Morgan fingerprint density at radius 1 is 1.07 bits per heavy atom. The quantitative estimate of drug-likeness (QED) is 0.663. The fourth-order valence-corrected chi connectivity index (χ4v) is 4.34. The van der Waals surface area contributed by atoms with Crippen molar-refractivity contribution in [2.45, 2.75) is 38.6 Å². The Labute approximate surface area is 174 Å². The van der Waals surface area contributed by atoms with Crippen LogP contribution in [0.2, 0.25) is 0 Å². The van der Waals surface area contributed by atoms with Crippen LogP contribution in [-0.2, 0) is 19.4 Å². The second-order valence-corrected chi connectivity index (χ2v) is 8.08. The molecule has 0 atom stereocenters. The van der Waals surface area contributed by atoms with Gasteiger partial charge in [0.05, 0.1) is 17.6 Å². The molecule has 0 unspecified atom stereocenters. The van der Waals surface area contributed by atoms with E-state index in [1.807, 2.05) is 35.2 Å². The zero-order valence-corrected chi connectivity index (χ0v) is 16.8. The van der Waals surface area contributed by atoms with Crippen molar-refractivity contribution in [1.82, 2.24) is 29.7 Å². The van der Waals surface area contributed by atoms with Crippen LogP contribution in [0.15, 0.2) is 47.4 Å². The lowest BCUT2D eigenvalue weighted by molar-refractivity contribution is 0.0674. The van der Waals surface area contributed by atoms with Crippen molar-refractivity contribution in [2.24, 2.45) is 5.92 Å². The summed E-state index contributed by atoms with van der Waals surface area (Å²) < 4.78 is 1.62. The van der Waals surface area contributed by atoms with E-state index in [0.717, 1.165) is 49.0 Å². The Bertz CT molecular complexity index is 1110. The molecule has 1 amide bonds. The molecule has 1 aliphatic heterocycles. The van der Waals surface area contributed by atoms with Crippen LogP contribution in [0, 0.1) is 5.92 Å². The van der Waals surface area contributed by atoms with Gasteiger partial charge in [-0.2, -0.15) is 15.0 Å². The summed E-state index contributed by atoms with van der Waals surface area (Å²) in [5, 5.41) is 13.2. The van der Waals surface area contributed by atoms with Gasteiger partial charge in [-0.1, -0.05) is 18.2 Å². The summed E-state index contributed by atoms with van der Waals surface area (Å²) in [4.78, 5) is 28.5. The van der Waals surface area contributed by atoms with Gasteiger partial charge >= 0.3 is 0 Å². The van der Waals surface area contributed by atoms with Crippen LogP contribution in [-0.4, -0.2) is 48.7 Å². The second-order valence-electron chi connectivity index (χ2n) is 8.08. The number of carbonyl (C=O) groups excluding carboxylic acids is 1. The molecule has 3 aromatic rings. The molecule has 2 aromatic heterocycles. The molecule has 2 aliphatic rings. The molecule has 154 valence electrons. The highest BCUT2D eigenvalue weighted by molar-refractivity contribution is 5.92. The zero-order valence-electron chi connectivity index (χ0n) is 16.8. The van der Waals surface area contributed by atoms with Gasteiger partial charge in [-0.15, -0.1) is 5.10 Å². The average molecular weight is 404 g/mol. The number of para-hydroxylation sites is 1. The first-order valence-electron chi connectivity index (χ1n) is 10.5. The maximum atomic E-state index is 12.8. The van der Waals surface area contributed by atoms with E-state index in [-0.39, 0.29) is 11.5 Å².